The number of hydrogen-bond acceptors (Lipinski definition) is 7. The van der Waals surface area contributed by atoms with Gasteiger partial charge in [-0.05, 0) is 42.0 Å². The van der Waals surface area contributed by atoms with E-state index in [4.69, 9.17) is 25.8 Å². The maximum Gasteiger partial charge on any atom is 0.318 e. The second-order valence-corrected chi connectivity index (χ2v) is 7.62. The number of aromatic nitrogens is 2. The second kappa shape index (κ2) is 11.1. The average molecular weight is 459 g/mol. The zero-order chi connectivity index (χ0) is 22.2. The highest BCUT2D eigenvalue weighted by molar-refractivity contribution is 6.32. The largest absolute Gasteiger partial charge is 0.487 e. The molecule has 32 heavy (non-hydrogen) atoms. The molecule has 1 aliphatic rings. The molecule has 4 rings (SSSR count). The summed E-state index contributed by atoms with van der Waals surface area (Å²) in [6, 6.07) is 13.6. The zero-order valence-corrected chi connectivity index (χ0v) is 18.2. The Morgan fingerprint density at radius 2 is 1.97 bits per heavy atom. The number of nitrogens with one attached hydrogen (secondary N) is 1. The molecule has 1 aliphatic heterocycles. The van der Waals surface area contributed by atoms with Gasteiger partial charge in [0.1, 0.15) is 30.6 Å². The van der Waals surface area contributed by atoms with Crippen LogP contribution >= 0.6 is 11.6 Å². The fourth-order valence-electron chi connectivity index (χ4n) is 3.20. The first kappa shape index (κ1) is 22.3. The summed E-state index contributed by atoms with van der Waals surface area (Å²) in [4.78, 5) is 10.8. The van der Waals surface area contributed by atoms with E-state index in [0.29, 0.717) is 29.2 Å². The molecule has 0 amide bonds. The van der Waals surface area contributed by atoms with E-state index < -0.39 is 0 Å². The van der Waals surface area contributed by atoms with Crippen LogP contribution in [0.5, 0.6) is 11.8 Å². The highest BCUT2D eigenvalue weighted by Crippen LogP contribution is 2.29. The summed E-state index contributed by atoms with van der Waals surface area (Å²) in [6.07, 6.45) is 1.64. The normalized spacial score (nSPS) is 14.2. The van der Waals surface area contributed by atoms with E-state index in [2.05, 4.69) is 20.2 Å². The van der Waals surface area contributed by atoms with Crippen LogP contribution < -0.4 is 14.8 Å². The van der Waals surface area contributed by atoms with Gasteiger partial charge < -0.3 is 19.5 Å². The van der Waals surface area contributed by atoms with Gasteiger partial charge in [0.05, 0.1) is 18.2 Å². The summed E-state index contributed by atoms with van der Waals surface area (Å²) in [5.41, 5.74) is 1.47. The third-order valence-electron chi connectivity index (χ3n) is 4.86. The van der Waals surface area contributed by atoms with Gasteiger partial charge in [0.15, 0.2) is 0 Å². The van der Waals surface area contributed by atoms with Crippen LogP contribution in [0.4, 0.5) is 15.9 Å². The standard InChI is InChI=1S/C23H24ClFN4O3/c24-20-15-19(4-5-21(20)32-16-17-2-1-3-18(25)14-17)27-22-6-7-26-23(28-22)31-13-10-29-8-11-30-12-9-29/h1-7,14-15H,8-13,16H2,(H,26,27,28). The van der Waals surface area contributed by atoms with Crippen LogP contribution in [0.25, 0.3) is 0 Å². The Morgan fingerprint density at radius 3 is 2.78 bits per heavy atom. The number of ether oxygens (including phenoxy) is 3. The lowest BCUT2D eigenvalue weighted by Crippen LogP contribution is -2.38. The van der Waals surface area contributed by atoms with Gasteiger partial charge in [-0.15, -0.1) is 0 Å². The molecule has 0 atom stereocenters. The van der Waals surface area contributed by atoms with Gasteiger partial charge in [0.25, 0.3) is 0 Å². The second-order valence-electron chi connectivity index (χ2n) is 7.22. The quantitative estimate of drug-likeness (QED) is 0.512. The fourth-order valence-corrected chi connectivity index (χ4v) is 3.44. The predicted octanol–water partition coefficient (Wildman–Crippen LogP) is 4.30. The Balaban J connectivity index is 1.30. The molecule has 168 valence electrons. The van der Waals surface area contributed by atoms with Crippen LogP contribution in [-0.2, 0) is 11.3 Å². The van der Waals surface area contributed by atoms with E-state index in [9.17, 15) is 4.39 Å². The first-order valence-corrected chi connectivity index (χ1v) is 10.7. The smallest absolute Gasteiger partial charge is 0.318 e. The van der Waals surface area contributed by atoms with Crippen molar-refractivity contribution >= 4 is 23.1 Å². The van der Waals surface area contributed by atoms with Crippen LogP contribution in [0.3, 0.4) is 0 Å². The van der Waals surface area contributed by atoms with Crippen LogP contribution in [-0.4, -0.2) is 54.3 Å². The highest BCUT2D eigenvalue weighted by atomic mass is 35.5. The third kappa shape index (κ3) is 6.53. The van der Waals surface area contributed by atoms with Crippen LogP contribution in [0.1, 0.15) is 5.56 Å². The molecular formula is C23H24ClFN4O3. The van der Waals surface area contributed by atoms with Crippen molar-refractivity contribution in [1.82, 2.24) is 14.9 Å². The van der Waals surface area contributed by atoms with Gasteiger partial charge in [-0.3, -0.25) is 4.90 Å². The molecule has 0 saturated carbocycles. The maximum absolute atomic E-state index is 13.3. The molecule has 1 aromatic heterocycles. The van der Waals surface area contributed by atoms with Crippen molar-refractivity contribution in [1.29, 1.82) is 0 Å². The van der Waals surface area contributed by atoms with Crippen LogP contribution in [0.15, 0.2) is 54.7 Å². The van der Waals surface area contributed by atoms with E-state index in [0.717, 1.165) is 44.1 Å². The molecule has 3 aromatic rings. The van der Waals surface area contributed by atoms with Gasteiger partial charge in [-0.1, -0.05) is 23.7 Å². The van der Waals surface area contributed by atoms with E-state index >= 15 is 0 Å². The summed E-state index contributed by atoms with van der Waals surface area (Å²) in [5, 5.41) is 3.62. The van der Waals surface area contributed by atoms with Crippen molar-refractivity contribution in [3.05, 3.63) is 71.1 Å². The van der Waals surface area contributed by atoms with Gasteiger partial charge in [-0.2, -0.15) is 4.98 Å². The molecule has 0 spiro atoms. The lowest BCUT2D eigenvalue weighted by Gasteiger charge is -2.26. The van der Waals surface area contributed by atoms with E-state index in [1.807, 2.05) is 6.07 Å². The van der Waals surface area contributed by atoms with Gasteiger partial charge in [0, 0.05) is 31.5 Å². The van der Waals surface area contributed by atoms with Gasteiger partial charge in [0.2, 0.25) is 0 Å². The molecule has 0 aliphatic carbocycles. The fraction of sp³-hybridized carbons (Fsp3) is 0.304. The van der Waals surface area contributed by atoms with Crippen LogP contribution in [0.2, 0.25) is 5.02 Å². The first-order chi connectivity index (χ1) is 15.7. The predicted molar refractivity (Wildman–Crippen MR) is 120 cm³/mol. The molecule has 2 heterocycles. The first-order valence-electron chi connectivity index (χ1n) is 10.4. The zero-order valence-electron chi connectivity index (χ0n) is 17.5. The Bertz CT molecular complexity index is 1030. The summed E-state index contributed by atoms with van der Waals surface area (Å²) in [5.74, 6) is 0.799. The average Bonchev–Trinajstić information content (AvgIpc) is 2.80. The lowest BCUT2D eigenvalue weighted by atomic mass is 10.2. The molecule has 0 unspecified atom stereocenters. The summed E-state index contributed by atoms with van der Waals surface area (Å²) in [7, 11) is 0. The molecule has 2 aromatic carbocycles. The van der Waals surface area contributed by atoms with E-state index in [1.165, 1.54) is 12.1 Å². The molecule has 0 bridgehead atoms. The minimum atomic E-state index is -0.300. The Labute approximate surface area is 191 Å². The van der Waals surface area contributed by atoms with Crippen molar-refractivity contribution in [2.75, 3.05) is 44.8 Å². The third-order valence-corrected chi connectivity index (χ3v) is 5.16. The highest BCUT2D eigenvalue weighted by Gasteiger charge is 2.11. The maximum atomic E-state index is 13.3. The Morgan fingerprint density at radius 1 is 1.09 bits per heavy atom. The Kier molecular flexibility index (Phi) is 7.71. The van der Waals surface area contributed by atoms with Crippen molar-refractivity contribution in [3.63, 3.8) is 0 Å². The number of nitrogens with zero attached hydrogens (tertiary/aromatic N) is 3. The van der Waals surface area contributed by atoms with Crippen molar-refractivity contribution in [2.24, 2.45) is 0 Å². The molecule has 1 N–H and O–H groups in total. The van der Waals surface area contributed by atoms with Crippen LogP contribution in [0, 0.1) is 5.82 Å². The molecule has 9 heteroatoms. The number of morpholine rings is 1. The van der Waals surface area contributed by atoms with Crippen molar-refractivity contribution in [2.45, 2.75) is 6.61 Å². The number of rotatable bonds is 9. The molecule has 1 saturated heterocycles. The summed E-state index contributed by atoms with van der Waals surface area (Å²) < 4.78 is 30.1. The minimum absolute atomic E-state index is 0.224. The van der Waals surface area contributed by atoms with E-state index in [1.54, 1.807) is 36.5 Å². The van der Waals surface area contributed by atoms with Gasteiger partial charge in [-0.25, -0.2) is 9.37 Å². The molecular weight excluding hydrogens is 435 g/mol. The number of benzene rings is 2. The number of anilines is 2. The topological polar surface area (TPSA) is 68.7 Å². The minimum Gasteiger partial charge on any atom is -0.487 e. The number of hydrogen-bond donors (Lipinski definition) is 1. The van der Waals surface area contributed by atoms with Crippen molar-refractivity contribution < 1.29 is 18.6 Å². The Hall–Kier alpha value is -2.94. The monoisotopic (exact) mass is 458 g/mol. The molecule has 7 nitrogen and oxygen atoms in total. The molecule has 0 radical (unpaired) electrons. The van der Waals surface area contributed by atoms with Crippen molar-refractivity contribution in [3.8, 4) is 11.8 Å². The SMILES string of the molecule is Fc1cccc(COc2ccc(Nc3ccnc(OCCN4CCOCC4)n3)cc2Cl)c1. The van der Waals surface area contributed by atoms with Gasteiger partial charge >= 0.3 is 6.01 Å². The number of halogens is 2. The lowest BCUT2D eigenvalue weighted by molar-refractivity contribution is 0.0317. The molecule has 1 fully saturated rings. The van der Waals surface area contributed by atoms with E-state index in [-0.39, 0.29) is 12.4 Å². The summed E-state index contributed by atoms with van der Waals surface area (Å²) >= 11 is 6.36. The summed E-state index contributed by atoms with van der Waals surface area (Å²) in [6.45, 7) is 4.87.